The summed E-state index contributed by atoms with van der Waals surface area (Å²) >= 11 is 7.72. The lowest BCUT2D eigenvalue weighted by Gasteiger charge is -2.20. The molecule has 0 aliphatic heterocycles. The van der Waals surface area contributed by atoms with E-state index in [0.717, 1.165) is 36.0 Å². The van der Waals surface area contributed by atoms with Crippen molar-refractivity contribution < 1.29 is 0 Å². The Balaban J connectivity index is 2.06. The molecule has 0 bridgehead atoms. The summed E-state index contributed by atoms with van der Waals surface area (Å²) in [6.07, 6.45) is 2.88. The second-order valence-electron chi connectivity index (χ2n) is 5.55. The lowest BCUT2D eigenvalue weighted by atomic mass is 9.85. The first-order chi connectivity index (χ1) is 10.1. The number of hydrogen-bond donors (Lipinski definition) is 0. The first-order valence-corrected chi connectivity index (χ1v) is 8.42. The molecule has 4 nitrogen and oxygen atoms in total. The Morgan fingerprint density at radius 2 is 2.24 bits per heavy atom. The second kappa shape index (κ2) is 6.20. The van der Waals surface area contributed by atoms with E-state index in [1.54, 1.807) is 11.3 Å². The zero-order valence-corrected chi connectivity index (χ0v) is 13.7. The highest BCUT2D eigenvalue weighted by Gasteiger charge is 2.23. The molecule has 2 heterocycles. The Morgan fingerprint density at radius 1 is 1.38 bits per heavy atom. The average Bonchev–Trinajstić information content (AvgIpc) is 2.93. The Labute approximate surface area is 133 Å². The van der Waals surface area contributed by atoms with E-state index < -0.39 is 0 Å². The van der Waals surface area contributed by atoms with Crippen molar-refractivity contribution in [1.82, 2.24) is 15.2 Å². The van der Waals surface area contributed by atoms with Gasteiger partial charge in [-0.15, -0.1) is 16.4 Å². The zero-order chi connectivity index (χ0) is 14.8. The van der Waals surface area contributed by atoms with Gasteiger partial charge in [-0.1, -0.05) is 11.6 Å². The van der Waals surface area contributed by atoms with Gasteiger partial charge in [0.25, 0.3) is 0 Å². The molecule has 2 aromatic heterocycles. The molecule has 0 amide bonds. The smallest absolute Gasteiger partial charge is 0.153 e. The topological polar surface area (TPSA) is 51.0 Å². The van der Waals surface area contributed by atoms with Gasteiger partial charge >= 0.3 is 0 Å². The number of aromatic nitrogens is 3. The summed E-state index contributed by atoms with van der Waals surface area (Å²) in [7, 11) is 0. The lowest BCUT2D eigenvalue weighted by molar-refractivity contribution is 0.556. The summed E-state index contributed by atoms with van der Waals surface area (Å²) in [6.45, 7) is 4.13. The van der Waals surface area contributed by atoms with E-state index >= 15 is 0 Å². The van der Waals surface area contributed by atoms with E-state index in [9.17, 15) is 0 Å². The van der Waals surface area contributed by atoms with Crippen molar-refractivity contribution in [1.29, 1.82) is 0 Å². The fraction of sp³-hybridized carbons (Fsp3) is 0.467. The van der Waals surface area contributed by atoms with Gasteiger partial charge in [-0.3, -0.25) is 4.99 Å². The molecule has 1 aliphatic carbocycles. The van der Waals surface area contributed by atoms with Crippen LogP contribution in [0.2, 0.25) is 5.15 Å². The van der Waals surface area contributed by atoms with Crippen LogP contribution in [0.3, 0.4) is 0 Å². The number of hydrogen-bond acceptors (Lipinski definition) is 5. The molecule has 2 aromatic rings. The van der Waals surface area contributed by atoms with Gasteiger partial charge in [0.15, 0.2) is 5.15 Å². The normalized spacial score (nSPS) is 18.9. The molecule has 0 saturated carbocycles. The van der Waals surface area contributed by atoms with E-state index in [1.165, 1.54) is 5.56 Å². The average molecular weight is 321 g/mol. The van der Waals surface area contributed by atoms with Crippen LogP contribution in [0.1, 0.15) is 43.1 Å². The summed E-state index contributed by atoms with van der Waals surface area (Å²) in [5.41, 5.74) is 5.24. The molecule has 0 fully saturated rings. The van der Waals surface area contributed by atoms with Crippen molar-refractivity contribution in [3.63, 3.8) is 0 Å². The maximum atomic E-state index is 6.08. The molecule has 0 spiro atoms. The van der Waals surface area contributed by atoms with Crippen molar-refractivity contribution >= 4 is 22.9 Å². The van der Waals surface area contributed by atoms with Crippen LogP contribution < -0.4 is 5.36 Å². The molecular formula is C15H17ClN4S. The van der Waals surface area contributed by atoms with E-state index in [2.05, 4.69) is 39.4 Å². The van der Waals surface area contributed by atoms with Crippen molar-refractivity contribution in [2.24, 2.45) is 4.99 Å². The van der Waals surface area contributed by atoms with Gasteiger partial charge in [-0.25, -0.2) is 4.98 Å². The van der Waals surface area contributed by atoms with Gasteiger partial charge < -0.3 is 0 Å². The predicted molar refractivity (Wildman–Crippen MR) is 84.6 cm³/mol. The monoisotopic (exact) mass is 320 g/mol. The van der Waals surface area contributed by atoms with Crippen LogP contribution in [0.25, 0.3) is 0 Å². The first kappa shape index (κ1) is 14.6. The van der Waals surface area contributed by atoms with Crippen LogP contribution in [0.4, 0.5) is 0 Å². The number of thiazole rings is 1. The minimum Gasteiger partial charge on any atom is -0.282 e. The Morgan fingerprint density at radius 3 is 2.95 bits per heavy atom. The standard InChI is InChI=1S/C15H17ClN4S/c1-9(2)18-12-6-15(16)20-19-13-5-10(3-4-11(12)13)14-7-21-8-17-14/h6-10H,3-5H2,1-2H3. The van der Waals surface area contributed by atoms with Gasteiger partial charge in [0.2, 0.25) is 0 Å². The van der Waals surface area contributed by atoms with Gasteiger partial charge in [-0.2, -0.15) is 5.10 Å². The number of halogens is 1. The molecular weight excluding hydrogens is 304 g/mol. The fourth-order valence-corrected chi connectivity index (χ4v) is 3.48. The third kappa shape index (κ3) is 3.30. The molecule has 0 N–H and O–H groups in total. The number of nitrogens with zero attached hydrogens (tertiary/aromatic N) is 4. The predicted octanol–water partition coefficient (Wildman–Crippen LogP) is 3.17. The quantitative estimate of drug-likeness (QED) is 0.854. The summed E-state index contributed by atoms with van der Waals surface area (Å²) in [5, 5.41) is 11.9. The van der Waals surface area contributed by atoms with E-state index in [-0.39, 0.29) is 6.04 Å². The van der Waals surface area contributed by atoms with E-state index in [4.69, 9.17) is 11.6 Å². The Hall–Kier alpha value is -1.33. The molecule has 1 unspecified atom stereocenters. The van der Waals surface area contributed by atoms with E-state index in [1.807, 2.05) is 11.6 Å². The van der Waals surface area contributed by atoms with Crippen molar-refractivity contribution in [2.45, 2.75) is 45.1 Å². The maximum absolute atomic E-state index is 6.08. The fourth-order valence-electron chi connectivity index (χ4n) is 2.70. The van der Waals surface area contributed by atoms with Crippen molar-refractivity contribution in [2.75, 3.05) is 0 Å². The van der Waals surface area contributed by atoms with Crippen LogP contribution in [0, 0.1) is 0 Å². The Kier molecular flexibility index (Phi) is 4.31. The van der Waals surface area contributed by atoms with Crippen molar-refractivity contribution in [3.8, 4) is 0 Å². The van der Waals surface area contributed by atoms with Crippen LogP contribution in [-0.2, 0) is 12.8 Å². The molecule has 0 aromatic carbocycles. The summed E-state index contributed by atoms with van der Waals surface area (Å²) in [5.74, 6) is 0.422. The SMILES string of the molecule is CC(C)N=c1cc(Cl)nnc2c1CCC(c1cscn1)C2. The maximum Gasteiger partial charge on any atom is 0.153 e. The molecule has 1 aliphatic rings. The third-order valence-corrected chi connectivity index (χ3v) is 4.42. The van der Waals surface area contributed by atoms with E-state index in [0.29, 0.717) is 11.1 Å². The summed E-state index contributed by atoms with van der Waals surface area (Å²) < 4.78 is 0. The van der Waals surface area contributed by atoms with Gasteiger partial charge in [0.05, 0.1) is 22.3 Å². The highest BCUT2D eigenvalue weighted by molar-refractivity contribution is 7.07. The first-order valence-electron chi connectivity index (χ1n) is 7.10. The largest absolute Gasteiger partial charge is 0.282 e. The number of fused-ring (bicyclic) bond motifs is 1. The van der Waals surface area contributed by atoms with Crippen LogP contribution in [0.5, 0.6) is 0 Å². The highest BCUT2D eigenvalue weighted by atomic mass is 35.5. The molecule has 1 atom stereocenters. The molecule has 0 radical (unpaired) electrons. The molecule has 0 saturated heterocycles. The van der Waals surface area contributed by atoms with Crippen LogP contribution in [0.15, 0.2) is 21.9 Å². The zero-order valence-electron chi connectivity index (χ0n) is 12.1. The minimum atomic E-state index is 0.226. The summed E-state index contributed by atoms with van der Waals surface area (Å²) in [6, 6.07) is 2.06. The van der Waals surface area contributed by atoms with Gasteiger partial charge in [-0.05, 0) is 26.7 Å². The summed E-state index contributed by atoms with van der Waals surface area (Å²) in [4.78, 5) is 9.12. The van der Waals surface area contributed by atoms with Crippen LogP contribution in [-0.4, -0.2) is 21.2 Å². The minimum absolute atomic E-state index is 0.226. The van der Waals surface area contributed by atoms with Crippen molar-refractivity contribution in [3.05, 3.63) is 44.4 Å². The van der Waals surface area contributed by atoms with Gasteiger partial charge in [0.1, 0.15) is 0 Å². The third-order valence-electron chi connectivity index (χ3n) is 3.63. The molecule has 110 valence electrons. The molecule has 3 rings (SSSR count). The Bertz CT molecular complexity index is 697. The molecule has 21 heavy (non-hydrogen) atoms. The van der Waals surface area contributed by atoms with Crippen LogP contribution >= 0.6 is 22.9 Å². The van der Waals surface area contributed by atoms with Gasteiger partial charge in [0, 0.05) is 35.4 Å². The lowest BCUT2D eigenvalue weighted by Crippen LogP contribution is -2.21. The number of rotatable bonds is 2. The molecule has 6 heteroatoms. The highest BCUT2D eigenvalue weighted by Crippen LogP contribution is 2.30. The second-order valence-corrected chi connectivity index (χ2v) is 6.66.